The van der Waals surface area contributed by atoms with E-state index in [1.165, 1.54) is 11.8 Å². The molecule has 144 valence electrons. The fourth-order valence-electron chi connectivity index (χ4n) is 2.23. The zero-order valence-corrected chi connectivity index (χ0v) is 16.6. The van der Waals surface area contributed by atoms with E-state index in [0.717, 1.165) is 10.6 Å². The summed E-state index contributed by atoms with van der Waals surface area (Å²) < 4.78 is 5.32. The summed E-state index contributed by atoms with van der Waals surface area (Å²) in [6.45, 7) is 1.67. The van der Waals surface area contributed by atoms with Crippen LogP contribution in [0.3, 0.4) is 0 Å². The predicted molar refractivity (Wildman–Crippen MR) is 111 cm³/mol. The molecule has 0 aliphatic heterocycles. The van der Waals surface area contributed by atoms with Crippen LogP contribution in [0.5, 0.6) is 0 Å². The maximum absolute atomic E-state index is 12.3. The topological polar surface area (TPSA) is 103 Å². The highest BCUT2D eigenvalue weighted by atomic mass is 35.5. The van der Waals surface area contributed by atoms with Gasteiger partial charge in [0.05, 0.1) is 0 Å². The summed E-state index contributed by atoms with van der Waals surface area (Å²) in [5, 5.41) is 3.28. The molecule has 9 heteroatoms. The van der Waals surface area contributed by atoms with Gasteiger partial charge in [-0.05, 0) is 43.3 Å². The summed E-state index contributed by atoms with van der Waals surface area (Å²) in [5.74, 6) is 0.218. The van der Waals surface area contributed by atoms with Crippen LogP contribution in [0, 0.1) is 0 Å². The van der Waals surface area contributed by atoms with Gasteiger partial charge >= 0.3 is 5.97 Å². The third-order valence-electron chi connectivity index (χ3n) is 3.53. The molecule has 0 spiro atoms. The van der Waals surface area contributed by atoms with Crippen molar-refractivity contribution in [1.29, 1.82) is 0 Å². The zero-order chi connectivity index (χ0) is 19.9. The molecule has 1 aromatic heterocycles. The van der Waals surface area contributed by atoms with E-state index >= 15 is 0 Å². The normalized spacial score (nSPS) is 11.6. The lowest BCUT2D eigenvalue weighted by atomic mass is 10.3. The van der Waals surface area contributed by atoms with Gasteiger partial charge in [-0.25, -0.2) is 0 Å². The van der Waals surface area contributed by atoms with Crippen LogP contribution in [-0.2, 0) is 16.1 Å². The van der Waals surface area contributed by atoms with E-state index in [0.29, 0.717) is 5.02 Å². The van der Waals surface area contributed by atoms with Crippen LogP contribution in [0.25, 0.3) is 0 Å². The second-order valence-corrected chi connectivity index (χ2v) is 7.60. The number of nitrogen functional groups attached to an aromatic ring is 1. The van der Waals surface area contributed by atoms with Gasteiger partial charge in [-0.3, -0.25) is 4.79 Å². The number of ether oxygens (including phenoxy) is 1. The molecule has 0 radical (unpaired) electrons. The Balaban J connectivity index is 1.58. The number of aromatic nitrogens is 3. The summed E-state index contributed by atoms with van der Waals surface area (Å²) in [4.78, 5) is 25.5. The van der Waals surface area contributed by atoms with Crippen molar-refractivity contribution in [3.05, 3.63) is 65.4 Å². The van der Waals surface area contributed by atoms with Crippen molar-refractivity contribution in [2.45, 2.75) is 23.7 Å². The van der Waals surface area contributed by atoms with E-state index in [-0.39, 0.29) is 30.3 Å². The molecule has 3 aromatic rings. The second kappa shape index (κ2) is 9.38. The average Bonchev–Trinajstić information content (AvgIpc) is 2.68. The van der Waals surface area contributed by atoms with Gasteiger partial charge < -0.3 is 15.8 Å². The third kappa shape index (κ3) is 5.83. The molecule has 1 atom stereocenters. The van der Waals surface area contributed by atoms with Crippen molar-refractivity contribution in [3.8, 4) is 0 Å². The molecule has 0 saturated heterocycles. The van der Waals surface area contributed by atoms with Crippen LogP contribution in [0.1, 0.15) is 12.7 Å². The number of hydrogen-bond acceptors (Lipinski definition) is 8. The van der Waals surface area contributed by atoms with Gasteiger partial charge in [0.25, 0.3) is 0 Å². The number of para-hydroxylation sites is 1. The highest BCUT2D eigenvalue weighted by Gasteiger charge is 2.17. The van der Waals surface area contributed by atoms with Crippen molar-refractivity contribution >= 4 is 46.9 Å². The van der Waals surface area contributed by atoms with E-state index in [2.05, 4.69) is 20.3 Å². The van der Waals surface area contributed by atoms with Crippen LogP contribution in [-0.4, -0.2) is 26.2 Å². The van der Waals surface area contributed by atoms with Crippen LogP contribution in [0.4, 0.5) is 17.6 Å². The van der Waals surface area contributed by atoms with E-state index in [1.54, 1.807) is 19.1 Å². The highest BCUT2D eigenvalue weighted by Crippen LogP contribution is 2.25. The number of nitrogens with one attached hydrogen (secondary N) is 1. The van der Waals surface area contributed by atoms with Crippen LogP contribution < -0.4 is 11.1 Å². The molecule has 1 heterocycles. The summed E-state index contributed by atoms with van der Waals surface area (Å²) in [5.41, 5.74) is 6.55. The molecule has 0 bridgehead atoms. The maximum Gasteiger partial charge on any atom is 0.319 e. The number of anilines is 3. The minimum Gasteiger partial charge on any atom is -0.457 e. The minimum atomic E-state index is -0.401. The van der Waals surface area contributed by atoms with Crippen molar-refractivity contribution in [1.82, 2.24) is 15.0 Å². The van der Waals surface area contributed by atoms with Crippen molar-refractivity contribution in [2.24, 2.45) is 0 Å². The van der Waals surface area contributed by atoms with E-state index in [9.17, 15) is 4.79 Å². The first-order valence-corrected chi connectivity index (χ1v) is 9.67. The number of thioether (sulfide) groups is 1. The Morgan fingerprint density at radius 1 is 1.14 bits per heavy atom. The van der Waals surface area contributed by atoms with Gasteiger partial charge in [0.15, 0.2) is 12.4 Å². The molecule has 3 N–H and O–H groups in total. The first-order chi connectivity index (χ1) is 13.5. The molecule has 0 aliphatic rings. The summed E-state index contributed by atoms with van der Waals surface area (Å²) in [6, 6.07) is 16.7. The molecule has 0 unspecified atom stereocenters. The smallest absolute Gasteiger partial charge is 0.319 e. The second-order valence-electron chi connectivity index (χ2n) is 5.75. The van der Waals surface area contributed by atoms with Crippen LogP contribution in [0.2, 0.25) is 5.02 Å². The average molecular weight is 416 g/mol. The number of halogens is 1. The van der Waals surface area contributed by atoms with Gasteiger partial charge in [0.1, 0.15) is 5.25 Å². The molecular weight excluding hydrogens is 398 g/mol. The molecular formula is C19H18ClN5O2S. The van der Waals surface area contributed by atoms with Crippen molar-refractivity contribution in [2.75, 3.05) is 11.1 Å². The van der Waals surface area contributed by atoms with E-state index in [4.69, 9.17) is 22.1 Å². The third-order valence-corrected chi connectivity index (χ3v) is 4.87. The van der Waals surface area contributed by atoms with Crippen LogP contribution in [0.15, 0.2) is 59.5 Å². The Hall–Kier alpha value is -2.84. The standard InChI is InChI=1S/C19H18ClN5O2S/c1-12(28-15-9-7-13(20)8-10-15)17(26)27-11-16-23-18(21)25-19(24-16)22-14-5-3-2-4-6-14/h2-10,12H,11H2,1H3,(H3,21,22,23,24,25)/t12-/m0/s1. The van der Waals surface area contributed by atoms with Gasteiger partial charge in [-0.1, -0.05) is 29.8 Å². The molecule has 0 saturated carbocycles. The molecule has 7 nitrogen and oxygen atoms in total. The van der Waals surface area contributed by atoms with Crippen molar-refractivity contribution < 1.29 is 9.53 Å². The SMILES string of the molecule is C[C@H](Sc1ccc(Cl)cc1)C(=O)OCc1nc(N)nc(Nc2ccccc2)n1. The lowest BCUT2D eigenvalue weighted by molar-refractivity contribution is -0.144. The zero-order valence-electron chi connectivity index (χ0n) is 15.0. The Kier molecular flexibility index (Phi) is 6.67. The van der Waals surface area contributed by atoms with Gasteiger partial charge in [0, 0.05) is 15.6 Å². The van der Waals surface area contributed by atoms with Gasteiger partial charge in [-0.15, -0.1) is 11.8 Å². The largest absolute Gasteiger partial charge is 0.457 e. The molecule has 0 fully saturated rings. The molecule has 0 amide bonds. The fraction of sp³-hybridized carbons (Fsp3) is 0.158. The summed E-state index contributed by atoms with van der Waals surface area (Å²) >= 11 is 7.25. The Morgan fingerprint density at radius 3 is 2.57 bits per heavy atom. The van der Waals surface area contributed by atoms with Crippen LogP contribution >= 0.6 is 23.4 Å². The Morgan fingerprint density at radius 2 is 1.86 bits per heavy atom. The number of esters is 1. The fourth-order valence-corrected chi connectivity index (χ4v) is 3.22. The summed E-state index contributed by atoms with van der Waals surface area (Å²) in [6.07, 6.45) is 0. The monoisotopic (exact) mass is 415 g/mol. The van der Waals surface area contributed by atoms with Crippen molar-refractivity contribution in [3.63, 3.8) is 0 Å². The molecule has 28 heavy (non-hydrogen) atoms. The number of benzene rings is 2. The van der Waals surface area contributed by atoms with E-state index < -0.39 is 5.25 Å². The maximum atomic E-state index is 12.3. The number of carbonyl (C=O) groups excluding carboxylic acids is 1. The number of carbonyl (C=O) groups is 1. The quantitative estimate of drug-likeness (QED) is 0.439. The Labute approximate surface area is 171 Å². The lowest BCUT2D eigenvalue weighted by Crippen LogP contribution is -2.18. The Bertz CT molecular complexity index is 941. The van der Waals surface area contributed by atoms with E-state index in [1.807, 2.05) is 42.5 Å². The molecule has 2 aromatic carbocycles. The first-order valence-electron chi connectivity index (χ1n) is 8.41. The number of nitrogens with zero attached hydrogens (tertiary/aromatic N) is 3. The molecule has 3 rings (SSSR count). The summed E-state index contributed by atoms with van der Waals surface area (Å²) in [7, 11) is 0. The predicted octanol–water partition coefficient (Wildman–Crippen LogP) is 4.07. The van der Waals surface area contributed by atoms with Gasteiger partial charge in [0.2, 0.25) is 11.9 Å². The minimum absolute atomic E-state index is 0.0445. The molecule has 0 aliphatic carbocycles. The lowest BCUT2D eigenvalue weighted by Gasteiger charge is -2.11. The first kappa shape index (κ1) is 19.9. The number of hydrogen-bond donors (Lipinski definition) is 2. The number of nitrogens with two attached hydrogens (primary N) is 1. The number of rotatable bonds is 7. The highest BCUT2D eigenvalue weighted by molar-refractivity contribution is 8.00. The van der Waals surface area contributed by atoms with Gasteiger partial charge in [-0.2, -0.15) is 15.0 Å².